The number of urea groups is 1. The molecule has 1 fully saturated rings. The molecule has 18 heavy (non-hydrogen) atoms. The topological polar surface area (TPSA) is 50.2 Å². The zero-order valence-corrected chi connectivity index (χ0v) is 10.8. The Labute approximate surface area is 108 Å². The molecule has 0 radical (unpaired) electrons. The second-order valence-electron chi connectivity index (χ2n) is 4.79. The van der Waals surface area contributed by atoms with Crippen LogP contribution in [-0.2, 0) is 6.54 Å². The van der Waals surface area contributed by atoms with Gasteiger partial charge in [-0.1, -0.05) is 12.8 Å². The number of aromatic nitrogens is 2. The molecule has 0 bridgehead atoms. The molecule has 0 spiro atoms. The summed E-state index contributed by atoms with van der Waals surface area (Å²) in [4.78, 5) is 17.8. The summed E-state index contributed by atoms with van der Waals surface area (Å²) < 4.78 is 2.03. The van der Waals surface area contributed by atoms with Gasteiger partial charge in [0.1, 0.15) is 0 Å². The van der Waals surface area contributed by atoms with Crippen molar-refractivity contribution in [3.8, 4) is 0 Å². The standard InChI is InChI=1S/C13H22N4O/c18-13(17-9-3-1-2-4-10-17)15-6-5-8-16-11-7-14-12-16/h7,11-12H,1-6,8-10H2,(H,15,18). The number of hydrogen-bond acceptors (Lipinski definition) is 2. The highest BCUT2D eigenvalue weighted by Gasteiger charge is 2.14. The highest BCUT2D eigenvalue weighted by atomic mass is 16.2. The van der Waals surface area contributed by atoms with Gasteiger partial charge in [-0.25, -0.2) is 9.78 Å². The van der Waals surface area contributed by atoms with Crippen LogP contribution in [0.25, 0.3) is 0 Å². The van der Waals surface area contributed by atoms with E-state index in [9.17, 15) is 4.79 Å². The van der Waals surface area contributed by atoms with Crippen molar-refractivity contribution in [1.82, 2.24) is 19.8 Å². The van der Waals surface area contributed by atoms with Gasteiger partial charge in [0.25, 0.3) is 0 Å². The van der Waals surface area contributed by atoms with Gasteiger partial charge in [-0.15, -0.1) is 0 Å². The van der Waals surface area contributed by atoms with E-state index in [1.165, 1.54) is 12.8 Å². The number of amides is 2. The van der Waals surface area contributed by atoms with E-state index in [0.717, 1.165) is 45.4 Å². The third-order valence-corrected chi connectivity index (χ3v) is 3.32. The smallest absolute Gasteiger partial charge is 0.317 e. The van der Waals surface area contributed by atoms with Crippen LogP contribution < -0.4 is 5.32 Å². The molecule has 1 aliphatic rings. The van der Waals surface area contributed by atoms with Crippen LogP contribution in [0, 0.1) is 0 Å². The molecule has 1 aromatic rings. The largest absolute Gasteiger partial charge is 0.338 e. The molecule has 0 aliphatic carbocycles. The van der Waals surface area contributed by atoms with Gasteiger partial charge in [0.05, 0.1) is 6.33 Å². The summed E-state index contributed by atoms with van der Waals surface area (Å²) in [5.74, 6) is 0. The van der Waals surface area contributed by atoms with Gasteiger partial charge in [-0.05, 0) is 19.3 Å². The first-order valence-electron chi connectivity index (χ1n) is 6.85. The molecule has 1 saturated heterocycles. The summed E-state index contributed by atoms with van der Waals surface area (Å²) in [6, 6.07) is 0.0996. The van der Waals surface area contributed by atoms with Gasteiger partial charge in [0.2, 0.25) is 0 Å². The van der Waals surface area contributed by atoms with E-state index in [0.29, 0.717) is 0 Å². The Balaban J connectivity index is 1.61. The number of likely N-dealkylation sites (tertiary alicyclic amines) is 1. The second-order valence-corrected chi connectivity index (χ2v) is 4.79. The molecule has 0 unspecified atom stereocenters. The Morgan fingerprint density at radius 2 is 2.00 bits per heavy atom. The Bertz CT molecular complexity index is 342. The molecule has 1 N–H and O–H groups in total. The van der Waals surface area contributed by atoms with Crippen LogP contribution in [0.3, 0.4) is 0 Å². The van der Waals surface area contributed by atoms with Crippen molar-refractivity contribution in [2.24, 2.45) is 0 Å². The van der Waals surface area contributed by atoms with Crippen molar-refractivity contribution >= 4 is 6.03 Å². The molecule has 100 valence electrons. The van der Waals surface area contributed by atoms with Crippen molar-refractivity contribution in [2.45, 2.75) is 38.6 Å². The third kappa shape index (κ3) is 4.05. The number of nitrogens with one attached hydrogen (secondary N) is 1. The number of carbonyl (C=O) groups is 1. The Morgan fingerprint density at radius 3 is 2.67 bits per heavy atom. The lowest BCUT2D eigenvalue weighted by Gasteiger charge is -2.20. The fourth-order valence-electron chi connectivity index (χ4n) is 2.26. The minimum atomic E-state index is 0.0996. The Morgan fingerprint density at radius 1 is 1.22 bits per heavy atom. The third-order valence-electron chi connectivity index (χ3n) is 3.32. The summed E-state index contributed by atoms with van der Waals surface area (Å²) in [5, 5.41) is 3.00. The van der Waals surface area contributed by atoms with Gasteiger partial charge in [-0.3, -0.25) is 0 Å². The first-order valence-corrected chi connectivity index (χ1v) is 6.85. The molecule has 2 rings (SSSR count). The van der Waals surface area contributed by atoms with E-state index in [1.54, 1.807) is 12.5 Å². The fraction of sp³-hybridized carbons (Fsp3) is 0.692. The first-order chi connectivity index (χ1) is 8.86. The van der Waals surface area contributed by atoms with Gasteiger partial charge in [0.15, 0.2) is 0 Å². The monoisotopic (exact) mass is 250 g/mol. The number of imidazole rings is 1. The molecule has 0 saturated carbocycles. The summed E-state index contributed by atoms with van der Waals surface area (Å²) in [6.45, 7) is 3.45. The number of hydrogen-bond donors (Lipinski definition) is 1. The predicted octanol–water partition coefficient (Wildman–Crippen LogP) is 1.86. The molecular weight excluding hydrogens is 228 g/mol. The van der Waals surface area contributed by atoms with Crippen LogP contribution in [0.2, 0.25) is 0 Å². The number of carbonyl (C=O) groups excluding carboxylic acids is 1. The van der Waals surface area contributed by atoms with Gasteiger partial charge < -0.3 is 14.8 Å². The Kier molecular flexibility index (Phi) is 5.05. The van der Waals surface area contributed by atoms with Crippen LogP contribution in [0.4, 0.5) is 4.79 Å². The minimum absolute atomic E-state index is 0.0996. The highest BCUT2D eigenvalue weighted by Crippen LogP contribution is 2.09. The molecule has 5 heteroatoms. The van der Waals surface area contributed by atoms with Crippen LogP contribution in [-0.4, -0.2) is 40.1 Å². The predicted molar refractivity (Wildman–Crippen MR) is 70.3 cm³/mol. The van der Waals surface area contributed by atoms with Crippen molar-refractivity contribution in [3.05, 3.63) is 18.7 Å². The lowest BCUT2D eigenvalue weighted by Crippen LogP contribution is -2.40. The van der Waals surface area contributed by atoms with Crippen LogP contribution in [0.1, 0.15) is 32.1 Å². The zero-order chi connectivity index (χ0) is 12.6. The van der Waals surface area contributed by atoms with Crippen molar-refractivity contribution < 1.29 is 4.79 Å². The van der Waals surface area contributed by atoms with Gasteiger partial charge in [0, 0.05) is 38.6 Å². The van der Waals surface area contributed by atoms with E-state index in [4.69, 9.17) is 0 Å². The SMILES string of the molecule is O=C(NCCCn1ccnc1)N1CCCCCC1. The van der Waals surface area contributed by atoms with Gasteiger partial charge >= 0.3 is 6.03 Å². The van der Waals surface area contributed by atoms with Crippen LogP contribution >= 0.6 is 0 Å². The molecule has 2 heterocycles. The van der Waals surface area contributed by atoms with Crippen molar-refractivity contribution in [1.29, 1.82) is 0 Å². The van der Waals surface area contributed by atoms with Crippen LogP contribution in [0.5, 0.6) is 0 Å². The maximum atomic E-state index is 11.9. The Hall–Kier alpha value is -1.52. The molecule has 0 aromatic carbocycles. The number of rotatable bonds is 4. The maximum absolute atomic E-state index is 11.9. The second kappa shape index (κ2) is 7.03. The van der Waals surface area contributed by atoms with Crippen molar-refractivity contribution in [2.75, 3.05) is 19.6 Å². The quantitative estimate of drug-likeness (QED) is 0.829. The molecule has 0 atom stereocenters. The van der Waals surface area contributed by atoms with E-state index in [1.807, 2.05) is 15.7 Å². The lowest BCUT2D eigenvalue weighted by atomic mass is 10.2. The molecule has 5 nitrogen and oxygen atoms in total. The zero-order valence-electron chi connectivity index (χ0n) is 10.8. The van der Waals surface area contributed by atoms with Crippen LogP contribution in [0.15, 0.2) is 18.7 Å². The average Bonchev–Trinajstić information content (AvgIpc) is 2.74. The highest BCUT2D eigenvalue weighted by molar-refractivity contribution is 5.74. The summed E-state index contributed by atoms with van der Waals surface area (Å²) >= 11 is 0. The first kappa shape index (κ1) is 12.9. The van der Waals surface area contributed by atoms with E-state index in [2.05, 4.69) is 10.3 Å². The van der Waals surface area contributed by atoms with E-state index in [-0.39, 0.29) is 6.03 Å². The van der Waals surface area contributed by atoms with Crippen molar-refractivity contribution in [3.63, 3.8) is 0 Å². The molecule has 2 amide bonds. The van der Waals surface area contributed by atoms with E-state index >= 15 is 0 Å². The average molecular weight is 250 g/mol. The van der Waals surface area contributed by atoms with E-state index < -0.39 is 0 Å². The molecule has 1 aliphatic heterocycles. The summed E-state index contributed by atoms with van der Waals surface area (Å²) in [6.07, 6.45) is 11.2. The number of nitrogens with zero attached hydrogens (tertiary/aromatic N) is 3. The molecular formula is C13H22N4O. The minimum Gasteiger partial charge on any atom is -0.338 e. The number of aryl methyl sites for hydroxylation is 1. The molecule has 1 aromatic heterocycles. The normalized spacial score (nSPS) is 16.3. The lowest BCUT2D eigenvalue weighted by molar-refractivity contribution is 0.199. The summed E-state index contributed by atoms with van der Waals surface area (Å²) in [7, 11) is 0. The summed E-state index contributed by atoms with van der Waals surface area (Å²) in [5.41, 5.74) is 0. The van der Waals surface area contributed by atoms with Gasteiger partial charge in [-0.2, -0.15) is 0 Å². The fourth-order valence-corrected chi connectivity index (χ4v) is 2.26. The maximum Gasteiger partial charge on any atom is 0.317 e.